The summed E-state index contributed by atoms with van der Waals surface area (Å²) in [7, 11) is 0. The van der Waals surface area contributed by atoms with E-state index in [0.29, 0.717) is 12.5 Å². The third-order valence-corrected chi connectivity index (χ3v) is 3.34. The Morgan fingerprint density at radius 3 is 2.41 bits per heavy atom. The normalized spacial score (nSPS) is 16.9. The molecule has 3 nitrogen and oxygen atoms in total. The molecular weight excluding hydrogens is 212 g/mol. The number of hydrogen-bond donors (Lipinski definition) is 2. The molecule has 1 aromatic carbocycles. The highest BCUT2D eigenvalue weighted by Crippen LogP contribution is 2.32. The molecule has 0 bridgehead atoms. The zero-order valence-corrected chi connectivity index (χ0v) is 10.5. The van der Waals surface area contributed by atoms with Gasteiger partial charge in [0.2, 0.25) is 5.91 Å². The van der Waals surface area contributed by atoms with Gasteiger partial charge < -0.3 is 11.1 Å². The summed E-state index contributed by atoms with van der Waals surface area (Å²) in [6, 6.07) is 8.35. The number of carbonyl (C=O) groups is 1. The van der Waals surface area contributed by atoms with Crippen LogP contribution in [0.4, 0.5) is 0 Å². The average molecular weight is 232 g/mol. The number of amides is 1. The van der Waals surface area contributed by atoms with Gasteiger partial charge in [0.1, 0.15) is 0 Å². The van der Waals surface area contributed by atoms with E-state index in [-0.39, 0.29) is 5.91 Å². The summed E-state index contributed by atoms with van der Waals surface area (Å²) >= 11 is 0. The second-order valence-corrected chi connectivity index (χ2v) is 5.24. The van der Waals surface area contributed by atoms with Crippen LogP contribution in [-0.4, -0.2) is 11.4 Å². The smallest absolute Gasteiger partial charge is 0.240 e. The lowest BCUT2D eigenvalue weighted by molar-refractivity contribution is -0.123. The largest absolute Gasteiger partial charge is 0.350 e. The van der Waals surface area contributed by atoms with Gasteiger partial charge in [-0.15, -0.1) is 0 Å². The van der Waals surface area contributed by atoms with E-state index in [1.165, 1.54) is 5.56 Å². The Labute approximate surface area is 102 Å². The van der Waals surface area contributed by atoms with E-state index in [1.807, 2.05) is 0 Å². The van der Waals surface area contributed by atoms with Crippen LogP contribution in [0.3, 0.4) is 0 Å². The van der Waals surface area contributed by atoms with E-state index in [1.54, 1.807) is 0 Å². The number of hydrogen-bond acceptors (Lipinski definition) is 2. The minimum atomic E-state index is -0.572. The maximum absolute atomic E-state index is 11.6. The zero-order chi connectivity index (χ0) is 12.5. The Morgan fingerprint density at radius 2 is 1.94 bits per heavy atom. The van der Waals surface area contributed by atoms with Gasteiger partial charge in [-0.05, 0) is 29.9 Å². The maximum Gasteiger partial charge on any atom is 0.240 e. The second-order valence-electron chi connectivity index (χ2n) is 5.24. The van der Waals surface area contributed by atoms with Crippen LogP contribution in [0.1, 0.15) is 43.7 Å². The van der Waals surface area contributed by atoms with E-state index < -0.39 is 5.54 Å². The third kappa shape index (κ3) is 2.86. The van der Waals surface area contributed by atoms with Gasteiger partial charge in [0.05, 0.1) is 5.54 Å². The van der Waals surface area contributed by atoms with Crippen LogP contribution in [0.2, 0.25) is 0 Å². The van der Waals surface area contributed by atoms with Crippen molar-refractivity contribution in [2.75, 3.05) is 0 Å². The molecule has 0 aliphatic heterocycles. The molecule has 0 spiro atoms. The fourth-order valence-corrected chi connectivity index (χ4v) is 1.74. The Kier molecular flexibility index (Phi) is 3.20. The predicted octanol–water partition coefficient (Wildman–Crippen LogP) is 1.92. The van der Waals surface area contributed by atoms with Crippen molar-refractivity contribution in [3.8, 4) is 0 Å². The zero-order valence-electron chi connectivity index (χ0n) is 10.5. The highest BCUT2D eigenvalue weighted by Gasteiger charge is 2.45. The molecule has 1 aliphatic rings. The Hall–Kier alpha value is -1.35. The molecule has 0 radical (unpaired) electrons. The summed E-state index contributed by atoms with van der Waals surface area (Å²) < 4.78 is 0. The topological polar surface area (TPSA) is 55.1 Å². The molecule has 1 amide bonds. The molecular formula is C14H20N2O. The Balaban J connectivity index is 1.89. The van der Waals surface area contributed by atoms with Crippen molar-refractivity contribution in [3.63, 3.8) is 0 Å². The lowest BCUT2D eigenvalue weighted by Crippen LogP contribution is -2.42. The van der Waals surface area contributed by atoms with Gasteiger partial charge in [-0.1, -0.05) is 38.1 Å². The van der Waals surface area contributed by atoms with E-state index in [9.17, 15) is 4.79 Å². The molecule has 0 unspecified atom stereocenters. The van der Waals surface area contributed by atoms with Gasteiger partial charge in [-0.3, -0.25) is 4.79 Å². The number of rotatable bonds is 4. The quantitative estimate of drug-likeness (QED) is 0.833. The van der Waals surface area contributed by atoms with Gasteiger partial charge in [-0.25, -0.2) is 0 Å². The fraction of sp³-hybridized carbons (Fsp3) is 0.500. The number of carbonyl (C=O) groups excluding carboxylic acids is 1. The van der Waals surface area contributed by atoms with Crippen LogP contribution in [0.5, 0.6) is 0 Å². The molecule has 1 fully saturated rings. The molecule has 3 N–H and O–H groups in total. The van der Waals surface area contributed by atoms with Crippen LogP contribution < -0.4 is 11.1 Å². The first-order valence-corrected chi connectivity index (χ1v) is 6.17. The van der Waals surface area contributed by atoms with Gasteiger partial charge in [-0.2, -0.15) is 0 Å². The number of benzene rings is 1. The molecule has 3 heteroatoms. The molecule has 0 aromatic heterocycles. The lowest BCUT2D eigenvalue weighted by atomic mass is 10.0. The van der Waals surface area contributed by atoms with Crippen molar-refractivity contribution in [1.82, 2.24) is 5.32 Å². The summed E-state index contributed by atoms with van der Waals surface area (Å²) in [5, 5.41) is 2.89. The van der Waals surface area contributed by atoms with Crippen molar-refractivity contribution >= 4 is 5.91 Å². The first-order valence-electron chi connectivity index (χ1n) is 6.17. The van der Waals surface area contributed by atoms with E-state index >= 15 is 0 Å². The summed E-state index contributed by atoms with van der Waals surface area (Å²) in [5.41, 5.74) is 7.67. The Bertz CT molecular complexity index is 405. The van der Waals surface area contributed by atoms with Crippen molar-refractivity contribution in [3.05, 3.63) is 35.4 Å². The van der Waals surface area contributed by atoms with Gasteiger partial charge in [0.25, 0.3) is 0 Å². The predicted molar refractivity (Wildman–Crippen MR) is 68.5 cm³/mol. The van der Waals surface area contributed by atoms with E-state index in [2.05, 4.69) is 43.4 Å². The highest BCUT2D eigenvalue weighted by molar-refractivity contribution is 5.88. The van der Waals surface area contributed by atoms with Gasteiger partial charge >= 0.3 is 0 Å². The summed E-state index contributed by atoms with van der Waals surface area (Å²) in [6.45, 7) is 4.90. The molecule has 1 aliphatic carbocycles. The highest BCUT2D eigenvalue weighted by atomic mass is 16.2. The van der Waals surface area contributed by atoms with Crippen LogP contribution in [0.15, 0.2) is 24.3 Å². The fourth-order valence-electron chi connectivity index (χ4n) is 1.74. The van der Waals surface area contributed by atoms with Crippen molar-refractivity contribution < 1.29 is 4.79 Å². The van der Waals surface area contributed by atoms with Crippen LogP contribution in [0.25, 0.3) is 0 Å². The van der Waals surface area contributed by atoms with Crippen molar-refractivity contribution in [2.45, 2.75) is 44.7 Å². The molecule has 1 aromatic rings. The van der Waals surface area contributed by atoms with Crippen molar-refractivity contribution in [2.24, 2.45) is 5.73 Å². The summed E-state index contributed by atoms with van der Waals surface area (Å²) in [6.07, 6.45) is 1.62. The van der Waals surface area contributed by atoms with Gasteiger partial charge in [0, 0.05) is 6.54 Å². The van der Waals surface area contributed by atoms with E-state index in [4.69, 9.17) is 5.73 Å². The monoisotopic (exact) mass is 232 g/mol. The first kappa shape index (κ1) is 12.1. The number of nitrogens with two attached hydrogens (primary N) is 1. The number of nitrogens with one attached hydrogen (secondary N) is 1. The van der Waals surface area contributed by atoms with Crippen LogP contribution >= 0.6 is 0 Å². The SMILES string of the molecule is CC(C)c1ccc(CNC(=O)C2(N)CC2)cc1. The lowest BCUT2D eigenvalue weighted by Gasteiger charge is -2.11. The standard InChI is InChI=1S/C14H20N2O/c1-10(2)12-5-3-11(4-6-12)9-16-13(17)14(15)7-8-14/h3-6,10H,7-9,15H2,1-2H3,(H,16,17). The van der Waals surface area contributed by atoms with Crippen LogP contribution in [0, 0.1) is 0 Å². The second kappa shape index (κ2) is 4.49. The van der Waals surface area contributed by atoms with Crippen molar-refractivity contribution in [1.29, 1.82) is 0 Å². The van der Waals surface area contributed by atoms with Crippen LogP contribution in [-0.2, 0) is 11.3 Å². The third-order valence-electron chi connectivity index (χ3n) is 3.34. The molecule has 0 atom stereocenters. The van der Waals surface area contributed by atoms with Gasteiger partial charge in [0.15, 0.2) is 0 Å². The molecule has 1 saturated carbocycles. The molecule has 0 saturated heterocycles. The minimum absolute atomic E-state index is 0.0227. The molecule has 17 heavy (non-hydrogen) atoms. The van der Waals surface area contributed by atoms with E-state index in [0.717, 1.165) is 18.4 Å². The summed E-state index contributed by atoms with van der Waals surface area (Å²) in [5.74, 6) is 0.517. The molecule has 0 heterocycles. The average Bonchev–Trinajstić information content (AvgIpc) is 3.06. The molecule has 2 rings (SSSR count). The maximum atomic E-state index is 11.6. The first-order chi connectivity index (χ1) is 8.01. The summed E-state index contributed by atoms with van der Waals surface area (Å²) in [4.78, 5) is 11.6. The minimum Gasteiger partial charge on any atom is -0.350 e. The molecule has 92 valence electrons. The Morgan fingerprint density at radius 1 is 1.35 bits per heavy atom.